The summed E-state index contributed by atoms with van der Waals surface area (Å²) >= 11 is 0. The molecule has 1 atom stereocenters. The van der Waals surface area contributed by atoms with Gasteiger partial charge in [-0.1, -0.05) is 27.7 Å². The minimum atomic E-state index is -0.158. The molecule has 4 heteroatoms. The first kappa shape index (κ1) is 18.4. The molecule has 19 heavy (non-hydrogen) atoms. The van der Waals surface area contributed by atoms with Gasteiger partial charge in [-0.2, -0.15) is 0 Å². The number of carbonyl (C=O) groups excluding carboxylic acids is 1. The molecule has 0 rings (SSSR count). The van der Waals surface area contributed by atoms with Crippen LogP contribution in [0.2, 0.25) is 0 Å². The molecular formula is C15H32N2O2. The zero-order valence-electron chi connectivity index (χ0n) is 13.3. The molecule has 0 aromatic rings. The second kappa shape index (κ2) is 11.2. The maximum absolute atomic E-state index is 11.9. The summed E-state index contributed by atoms with van der Waals surface area (Å²) in [7, 11) is 0. The third-order valence-electron chi connectivity index (χ3n) is 3.26. The van der Waals surface area contributed by atoms with Crippen LogP contribution in [0.4, 0.5) is 0 Å². The van der Waals surface area contributed by atoms with Crippen molar-refractivity contribution in [2.75, 3.05) is 19.8 Å². The Labute approximate surface area is 118 Å². The monoisotopic (exact) mass is 272 g/mol. The molecule has 0 aliphatic heterocycles. The van der Waals surface area contributed by atoms with E-state index in [1.165, 1.54) is 0 Å². The van der Waals surface area contributed by atoms with Crippen LogP contribution in [0.1, 0.15) is 53.9 Å². The lowest BCUT2D eigenvalue weighted by atomic mass is 10.1. The normalized spacial score (nSPS) is 13.0. The van der Waals surface area contributed by atoms with Gasteiger partial charge >= 0.3 is 0 Å². The van der Waals surface area contributed by atoms with E-state index >= 15 is 0 Å². The first-order chi connectivity index (χ1) is 9.01. The summed E-state index contributed by atoms with van der Waals surface area (Å²) in [5.74, 6) is 0.758. The molecule has 1 amide bonds. The van der Waals surface area contributed by atoms with E-state index in [9.17, 15) is 4.79 Å². The lowest BCUT2D eigenvalue weighted by molar-refractivity contribution is -0.123. The second-order valence-electron chi connectivity index (χ2n) is 5.49. The van der Waals surface area contributed by atoms with E-state index < -0.39 is 0 Å². The van der Waals surface area contributed by atoms with Crippen LogP contribution >= 0.6 is 0 Å². The van der Waals surface area contributed by atoms with E-state index in [0.717, 1.165) is 32.4 Å². The fourth-order valence-corrected chi connectivity index (χ4v) is 1.68. The van der Waals surface area contributed by atoms with Crippen molar-refractivity contribution in [1.82, 2.24) is 10.6 Å². The Morgan fingerprint density at radius 1 is 1.11 bits per heavy atom. The van der Waals surface area contributed by atoms with E-state index in [4.69, 9.17) is 4.74 Å². The molecule has 114 valence electrons. The number of rotatable bonds is 11. The highest BCUT2D eigenvalue weighted by Crippen LogP contribution is 1.99. The Balaban J connectivity index is 3.62. The van der Waals surface area contributed by atoms with Crippen molar-refractivity contribution in [3.05, 3.63) is 0 Å². The highest BCUT2D eigenvalue weighted by atomic mass is 16.5. The standard InChI is InChI=1S/C15H32N2O2/c1-6-14(7-2)17-15(18)13(5)16-9-11-19-10-8-12(3)4/h12-14,16H,6-11H2,1-5H3,(H,17,18). The fraction of sp³-hybridized carbons (Fsp3) is 0.933. The predicted molar refractivity (Wildman–Crippen MR) is 80.3 cm³/mol. The maximum Gasteiger partial charge on any atom is 0.237 e. The molecule has 0 aromatic carbocycles. The summed E-state index contributed by atoms with van der Waals surface area (Å²) in [5.41, 5.74) is 0. The van der Waals surface area contributed by atoms with Gasteiger partial charge in [-0.25, -0.2) is 0 Å². The van der Waals surface area contributed by atoms with E-state index in [1.807, 2.05) is 6.92 Å². The first-order valence-corrected chi connectivity index (χ1v) is 7.62. The molecule has 4 nitrogen and oxygen atoms in total. The molecule has 0 radical (unpaired) electrons. The summed E-state index contributed by atoms with van der Waals surface area (Å²) in [6, 6.07) is 0.133. The smallest absolute Gasteiger partial charge is 0.237 e. The third-order valence-corrected chi connectivity index (χ3v) is 3.26. The van der Waals surface area contributed by atoms with E-state index in [2.05, 4.69) is 38.3 Å². The number of hydrogen-bond acceptors (Lipinski definition) is 3. The number of nitrogens with one attached hydrogen (secondary N) is 2. The quantitative estimate of drug-likeness (QED) is 0.568. The van der Waals surface area contributed by atoms with Crippen molar-refractivity contribution in [2.45, 2.75) is 66.0 Å². The van der Waals surface area contributed by atoms with Crippen molar-refractivity contribution in [3.8, 4) is 0 Å². The fourth-order valence-electron chi connectivity index (χ4n) is 1.68. The average Bonchev–Trinajstić information content (AvgIpc) is 2.38. The minimum absolute atomic E-state index is 0.0795. The number of amides is 1. The second-order valence-corrected chi connectivity index (χ2v) is 5.49. The zero-order chi connectivity index (χ0) is 14.7. The van der Waals surface area contributed by atoms with Crippen LogP contribution in [0.25, 0.3) is 0 Å². The third kappa shape index (κ3) is 9.91. The summed E-state index contributed by atoms with van der Waals surface area (Å²) in [5, 5.41) is 6.23. The van der Waals surface area contributed by atoms with Crippen molar-refractivity contribution >= 4 is 5.91 Å². The van der Waals surface area contributed by atoms with Crippen molar-refractivity contribution in [1.29, 1.82) is 0 Å². The van der Waals surface area contributed by atoms with Crippen LogP contribution in [0.5, 0.6) is 0 Å². The van der Waals surface area contributed by atoms with Gasteiger partial charge in [0.2, 0.25) is 5.91 Å². The van der Waals surface area contributed by atoms with Gasteiger partial charge in [0.25, 0.3) is 0 Å². The maximum atomic E-state index is 11.9. The Kier molecular flexibility index (Phi) is 10.9. The molecule has 0 spiro atoms. The van der Waals surface area contributed by atoms with Crippen LogP contribution < -0.4 is 10.6 Å². The summed E-state index contributed by atoms with van der Waals surface area (Å²) in [6.45, 7) is 12.6. The van der Waals surface area contributed by atoms with E-state index in [1.54, 1.807) is 0 Å². The highest BCUT2D eigenvalue weighted by molar-refractivity contribution is 5.81. The van der Waals surface area contributed by atoms with Gasteiger partial charge in [0.05, 0.1) is 12.6 Å². The molecule has 0 fully saturated rings. The number of ether oxygens (including phenoxy) is 1. The summed E-state index contributed by atoms with van der Waals surface area (Å²) in [4.78, 5) is 11.9. The molecule has 1 unspecified atom stereocenters. The summed E-state index contributed by atoms with van der Waals surface area (Å²) in [6.07, 6.45) is 3.05. The molecular weight excluding hydrogens is 240 g/mol. The molecule has 0 saturated heterocycles. The highest BCUT2D eigenvalue weighted by Gasteiger charge is 2.14. The van der Waals surface area contributed by atoms with Crippen LogP contribution in [-0.4, -0.2) is 37.7 Å². The molecule has 0 aliphatic carbocycles. The zero-order valence-corrected chi connectivity index (χ0v) is 13.3. The Bertz CT molecular complexity index is 228. The molecule has 0 heterocycles. The Morgan fingerprint density at radius 3 is 2.26 bits per heavy atom. The SMILES string of the molecule is CCC(CC)NC(=O)C(C)NCCOCCC(C)C. The van der Waals surface area contributed by atoms with Gasteiger partial charge in [-0.15, -0.1) is 0 Å². The topological polar surface area (TPSA) is 50.4 Å². The van der Waals surface area contributed by atoms with Crippen LogP contribution in [0, 0.1) is 5.92 Å². The average molecular weight is 272 g/mol. The van der Waals surface area contributed by atoms with Gasteiger partial charge < -0.3 is 15.4 Å². The Hall–Kier alpha value is -0.610. The van der Waals surface area contributed by atoms with Gasteiger partial charge in [0, 0.05) is 19.2 Å². The summed E-state index contributed by atoms with van der Waals surface area (Å²) < 4.78 is 5.50. The molecule has 0 aromatic heterocycles. The van der Waals surface area contributed by atoms with Crippen LogP contribution in [0.15, 0.2) is 0 Å². The minimum Gasteiger partial charge on any atom is -0.380 e. The van der Waals surface area contributed by atoms with Gasteiger partial charge in [0.1, 0.15) is 0 Å². The van der Waals surface area contributed by atoms with E-state index in [0.29, 0.717) is 18.6 Å². The van der Waals surface area contributed by atoms with Gasteiger partial charge in [0.15, 0.2) is 0 Å². The van der Waals surface area contributed by atoms with Crippen molar-refractivity contribution in [3.63, 3.8) is 0 Å². The molecule has 2 N–H and O–H groups in total. The van der Waals surface area contributed by atoms with Crippen LogP contribution in [-0.2, 0) is 9.53 Å². The first-order valence-electron chi connectivity index (χ1n) is 7.62. The lowest BCUT2D eigenvalue weighted by Gasteiger charge is -2.19. The Morgan fingerprint density at radius 2 is 1.74 bits per heavy atom. The molecule has 0 bridgehead atoms. The predicted octanol–water partition coefficient (Wildman–Crippen LogP) is 2.33. The largest absolute Gasteiger partial charge is 0.380 e. The lowest BCUT2D eigenvalue weighted by Crippen LogP contribution is -2.46. The van der Waals surface area contributed by atoms with Crippen molar-refractivity contribution < 1.29 is 9.53 Å². The molecule has 0 aliphatic rings. The van der Waals surface area contributed by atoms with Crippen molar-refractivity contribution in [2.24, 2.45) is 5.92 Å². The molecule has 0 saturated carbocycles. The number of carbonyl (C=O) groups is 1. The van der Waals surface area contributed by atoms with Crippen LogP contribution in [0.3, 0.4) is 0 Å². The van der Waals surface area contributed by atoms with Gasteiger partial charge in [-0.05, 0) is 32.1 Å². The van der Waals surface area contributed by atoms with Gasteiger partial charge in [-0.3, -0.25) is 4.79 Å². The van der Waals surface area contributed by atoms with E-state index in [-0.39, 0.29) is 11.9 Å². The number of hydrogen-bond donors (Lipinski definition) is 2.